The van der Waals surface area contributed by atoms with Gasteiger partial charge in [-0.05, 0) is 14.0 Å². The van der Waals surface area contributed by atoms with Crippen molar-refractivity contribution in [2.75, 3.05) is 34.0 Å². The van der Waals surface area contributed by atoms with Crippen LogP contribution in [0.4, 0.5) is 0 Å². The fourth-order valence-corrected chi connectivity index (χ4v) is 3.80. The van der Waals surface area contributed by atoms with Gasteiger partial charge in [0.05, 0.1) is 12.3 Å². The van der Waals surface area contributed by atoms with Crippen LogP contribution >= 0.6 is 11.3 Å². The standard InChI is InChI=1S/C14H24N2O3S/c1-4-19-14(5-7-18-8-6-14)13-16-11(10-17-3)12(20-13)9-15-2/h15H,4-10H2,1-3H3. The van der Waals surface area contributed by atoms with Gasteiger partial charge in [-0.15, -0.1) is 11.3 Å². The lowest BCUT2D eigenvalue weighted by Gasteiger charge is -2.35. The molecule has 0 unspecified atom stereocenters. The van der Waals surface area contributed by atoms with Gasteiger partial charge in [0.25, 0.3) is 0 Å². The molecule has 0 amide bonds. The normalized spacial score (nSPS) is 18.4. The maximum Gasteiger partial charge on any atom is 0.125 e. The Morgan fingerprint density at radius 1 is 1.40 bits per heavy atom. The van der Waals surface area contributed by atoms with E-state index in [0.29, 0.717) is 13.2 Å². The highest BCUT2D eigenvalue weighted by Crippen LogP contribution is 2.39. The minimum atomic E-state index is -0.272. The highest BCUT2D eigenvalue weighted by atomic mass is 32.1. The summed E-state index contributed by atoms with van der Waals surface area (Å²) in [5.74, 6) is 0. The van der Waals surface area contributed by atoms with E-state index in [1.807, 2.05) is 14.0 Å². The number of ether oxygens (including phenoxy) is 3. The van der Waals surface area contributed by atoms with Gasteiger partial charge >= 0.3 is 0 Å². The van der Waals surface area contributed by atoms with E-state index in [-0.39, 0.29) is 5.60 Å². The van der Waals surface area contributed by atoms with Crippen LogP contribution < -0.4 is 5.32 Å². The Bertz CT molecular complexity index is 388. The number of hydrogen-bond acceptors (Lipinski definition) is 6. The molecule has 1 fully saturated rings. The van der Waals surface area contributed by atoms with E-state index >= 15 is 0 Å². The predicted octanol–water partition coefficient (Wildman–Crippen LogP) is 2.05. The van der Waals surface area contributed by atoms with Crippen LogP contribution in [-0.2, 0) is 33.0 Å². The molecule has 2 heterocycles. The second kappa shape index (κ2) is 7.47. The first-order valence-electron chi connectivity index (χ1n) is 7.10. The third-order valence-electron chi connectivity index (χ3n) is 3.51. The monoisotopic (exact) mass is 300 g/mol. The van der Waals surface area contributed by atoms with Gasteiger partial charge in [-0.2, -0.15) is 0 Å². The molecule has 1 N–H and O–H groups in total. The molecule has 2 rings (SSSR count). The molecule has 0 spiro atoms. The molecule has 0 atom stereocenters. The molecule has 1 aliphatic rings. The number of hydrogen-bond donors (Lipinski definition) is 1. The number of nitrogens with zero attached hydrogens (tertiary/aromatic N) is 1. The number of nitrogens with one attached hydrogen (secondary N) is 1. The fourth-order valence-electron chi connectivity index (χ4n) is 2.52. The van der Waals surface area contributed by atoms with Crippen molar-refractivity contribution in [2.24, 2.45) is 0 Å². The number of thiazole rings is 1. The Balaban J connectivity index is 2.30. The molecule has 20 heavy (non-hydrogen) atoms. The Labute approximate surface area is 124 Å². The predicted molar refractivity (Wildman–Crippen MR) is 78.9 cm³/mol. The van der Waals surface area contributed by atoms with Crippen LogP contribution in [0.15, 0.2) is 0 Å². The van der Waals surface area contributed by atoms with Gasteiger partial charge in [0.1, 0.15) is 10.6 Å². The summed E-state index contributed by atoms with van der Waals surface area (Å²) >= 11 is 1.74. The first-order chi connectivity index (χ1) is 9.75. The average molecular weight is 300 g/mol. The van der Waals surface area contributed by atoms with E-state index in [4.69, 9.17) is 19.2 Å². The lowest BCUT2D eigenvalue weighted by molar-refractivity contribution is -0.113. The largest absolute Gasteiger partial charge is 0.381 e. The molecule has 1 aliphatic heterocycles. The SMILES string of the molecule is CCOC1(c2nc(COC)c(CNC)s2)CCOCC1. The maximum atomic E-state index is 6.09. The molecular formula is C14H24N2O3S. The topological polar surface area (TPSA) is 52.6 Å². The molecule has 6 heteroatoms. The first kappa shape index (κ1) is 15.9. The molecule has 5 nitrogen and oxygen atoms in total. The van der Waals surface area contributed by atoms with Gasteiger partial charge in [-0.25, -0.2) is 4.98 Å². The number of rotatable bonds is 7. The number of aromatic nitrogens is 1. The summed E-state index contributed by atoms with van der Waals surface area (Å²) in [5.41, 5.74) is 0.749. The quantitative estimate of drug-likeness (QED) is 0.835. The minimum Gasteiger partial charge on any atom is -0.381 e. The Morgan fingerprint density at radius 3 is 2.75 bits per heavy atom. The molecule has 114 valence electrons. The van der Waals surface area contributed by atoms with Crippen LogP contribution in [0.1, 0.15) is 35.3 Å². The zero-order valence-electron chi connectivity index (χ0n) is 12.5. The Morgan fingerprint density at radius 2 is 2.15 bits per heavy atom. The lowest BCUT2D eigenvalue weighted by Crippen LogP contribution is -2.36. The second-order valence-electron chi connectivity index (χ2n) is 4.89. The van der Waals surface area contributed by atoms with Gasteiger partial charge in [-0.1, -0.05) is 0 Å². The summed E-state index contributed by atoms with van der Waals surface area (Å²) in [7, 11) is 3.65. The third kappa shape index (κ3) is 3.38. The van der Waals surface area contributed by atoms with E-state index in [9.17, 15) is 0 Å². The van der Waals surface area contributed by atoms with Crippen molar-refractivity contribution in [3.8, 4) is 0 Å². The maximum absolute atomic E-state index is 6.09. The molecule has 0 saturated carbocycles. The van der Waals surface area contributed by atoms with Crippen molar-refractivity contribution in [3.05, 3.63) is 15.6 Å². The van der Waals surface area contributed by atoms with Gasteiger partial charge in [0.2, 0.25) is 0 Å². The summed E-state index contributed by atoms with van der Waals surface area (Å²) in [5, 5.41) is 4.26. The molecule has 0 aromatic carbocycles. The van der Waals surface area contributed by atoms with Crippen LogP contribution in [0.3, 0.4) is 0 Å². The van der Waals surface area contributed by atoms with Gasteiger partial charge in [0.15, 0.2) is 0 Å². The molecule has 0 radical (unpaired) electrons. The van der Waals surface area contributed by atoms with E-state index in [2.05, 4.69) is 5.32 Å². The Kier molecular flexibility index (Phi) is 5.92. The second-order valence-corrected chi connectivity index (χ2v) is 5.98. The highest BCUT2D eigenvalue weighted by molar-refractivity contribution is 7.11. The zero-order chi connectivity index (χ0) is 14.4. The summed E-state index contributed by atoms with van der Waals surface area (Å²) in [6, 6.07) is 0. The van der Waals surface area contributed by atoms with Crippen LogP contribution in [0.25, 0.3) is 0 Å². The van der Waals surface area contributed by atoms with Crippen molar-refractivity contribution in [3.63, 3.8) is 0 Å². The van der Waals surface area contributed by atoms with Gasteiger partial charge < -0.3 is 19.5 Å². The Hall–Kier alpha value is -0.530. The van der Waals surface area contributed by atoms with E-state index in [1.165, 1.54) is 4.88 Å². The average Bonchev–Trinajstić information content (AvgIpc) is 2.85. The van der Waals surface area contributed by atoms with Crippen LogP contribution in [0.2, 0.25) is 0 Å². The molecule has 1 saturated heterocycles. The number of methoxy groups -OCH3 is 1. The van der Waals surface area contributed by atoms with E-state index < -0.39 is 0 Å². The minimum absolute atomic E-state index is 0.272. The summed E-state index contributed by atoms with van der Waals surface area (Å²) in [4.78, 5) is 6.04. The van der Waals surface area contributed by atoms with E-state index in [1.54, 1.807) is 18.4 Å². The molecular weight excluding hydrogens is 276 g/mol. The summed E-state index contributed by atoms with van der Waals surface area (Å²) in [6.07, 6.45) is 1.75. The zero-order valence-corrected chi connectivity index (χ0v) is 13.3. The molecule has 1 aromatic rings. The third-order valence-corrected chi connectivity index (χ3v) is 4.79. The summed E-state index contributed by atoms with van der Waals surface area (Å²) in [6.45, 7) is 5.57. The fraction of sp³-hybridized carbons (Fsp3) is 0.786. The molecule has 0 bridgehead atoms. The first-order valence-corrected chi connectivity index (χ1v) is 7.91. The smallest absolute Gasteiger partial charge is 0.125 e. The van der Waals surface area contributed by atoms with Crippen molar-refractivity contribution in [1.29, 1.82) is 0 Å². The lowest BCUT2D eigenvalue weighted by atomic mass is 9.95. The molecule has 0 aliphatic carbocycles. The van der Waals surface area contributed by atoms with E-state index in [0.717, 1.165) is 43.3 Å². The summed E-state index contributed by atoms with van der Waals surface area (Å²) < 4.78 is 16.8. The highest BCUT2D eigenvalue weighted by Gasteiger charge is 2.38. The van der Waals surface area contributed by atoms with Crippen LogP contribution in [0.5, 0.6) is 0 Å². The van der Waals surface area contributed by atoms with Gasteiger partial charge in [0, 0.05) is 51.2 Å². The van der Waals surface area contributed by atoms with Crippen molar-refractivity contribution >= 4 is 11.3 Å². The van der Waals surface area contributed by atoms with Crippen molar-refractivity contribution < 1.29 is 14.2 Å². The van der Waals surface area contributed by atoms with Crippen molar-refractivity contribution in [1.82, 2.24) is 10.3 Å². The van der Waals surface area contributed by atoms with Crippen LogP contribution in [-0.4, -0.2) is 39.0 Å². The van der Waals surface area contributed by atoms with Gasteiger partial charge in [-0.3, -0.25) is 0 Å². The molecule has 1 aromatic heterocycles. The van der Waals surface area contributed by atoms with Crippen LogP contribution in [0, 0.1) is 0 Å². The van der Waals surface area contributed by atoms with Crippen molar-refractivity contribution in [2.45, 2.75) is 38.5 Å².